The fourth-order valence-corrected chi connectivity index (χ4v) is 6.42. The lowest BCUT2D eigenvalue weighted by Gasteiger charge is -2.63. The summed E-state index contributed by atoms with van der Waals surface area (Å²) in [6.07, 6.45) is 14.3. The molecule has 0 radical (unpaired) electrons. The summed E-state index contributed by atoms with van der Waals surface area (Å²) in [4.78, 5) is 8.49. The Morgan fingerprint density at radius 1 is 1.15 bits per heavy atom. The molecular weight excluding hydrogens is 246 g/mol. The zero-order valence-corrected chi connectivity index (χ0v) is 12.6. The quantitative estimate of drug-likeness (QED) is 0.916. The third-order valence-corrected chi connectivity index (χ3v) is 6.21. The molecule has 1 aromatic heterocycles. The standard InChI is InChI=1S/C17H25N3/c1-16-4-12-3-13(5-16)7-17(6-12,10-16)15(18-2)14-8-19-11-20-9-14/h8-9,11-13,15,18H,3-7,10H2,1-2H3. The summed E-state index contributed by atoms with van der Waals surface area (Å²) >= 11 is 0. The van der Waals surface area contributed by atoms with E-state index in [4.69, 9.17) is 0 Å². The van der Waals surface area contributed by atoms with E-state index in [1.54, 1.807) is 6.33 Å². The first-order chi connectivity index (χ1) is 9.62. The highest BCUT2D eigenvalue weighted by Gasteiger charge is 2.58. The van der Waals surface area contributed by atoms with Gasteiger partial charge in [-0.2, -0.15) is 0 Å². The molecule has 1 aromatic rings. The van der Waals surface area contributed by atoms with Crippen molar-refractivity contribution in [3.05, 3.63) is 24.3 Å². The Kier molecular flexibility index (Phi) is 2.72. The van der Waals surface area contributed by atoms with E-state index in [2.05, 4.69) is 29.3 Å². The molecule has 0 amide bonds. The molecule has 4 aliphatic carbocycles. The summed E-state index contributed by atoms with van der Waals surface area (Å²) in [6, 6.07) is 0.425. The summed E-state index contributed by atoms with van der Waals surface area (Å²) < 4.78 is 0. The fraction of sp³-hybridized carbons (Fsp3) is 0.765. The maximum absolute atomic E-state index is 4.25. The van der Waals surface area contributed by atoms with E-state index in [1.165, 1.54) is 44.1 Å². The normalized spacial score (nSPS) is 43.7. The molecule has 0 aromatic carbocycles. The molecule has 20 heavy (non-hydrogen) atoms. The van der Waals surface area contributed by atoms with Crippen LogP contribution in [0.25, 0.3) is 0 Å². The molecule has 0 aliphatic heterocycles. The molecule has 3 nitrogen and oxygen atoms in total. The van der Waals surface area contributed by atoms with Crippen molar-refractivity contribution < 1.29 is 0 Å². The highest BCUT2D eigenvalue weighted by Crippen LogP contribution is 2.68. The zero-order valence-electron chi connectivity index (χ0n) is 12.6. The third-order valence-electron chi connectivity index (χ3n) is 6.21. The van der Waals surface area contributed by atoms with E-state index in [0.29, 0.717) is 16.9 Å². The summed E-state index contributed by atoms with van der Waals surface area (Å²) in [5.41, 5.74) is 2.31. The molecule has 4 saturated carbocycles. The number of rotatable bonds is 3. The van der Waals surface area contributed by atoms with E-state index in [0.717, 1.165) is 11.8 Å². The average molecular weight is 271 g/mol. The molecule has 1 heterocycles. The van der Waals surface area contributed by atoms with E-state index >= 15 is 0 Å². The van der Waals surface area contributed by atoms with E-state index in [-0.39, 0.29) is 0 Å². The Labute approximate surface area is 121 Å². The van der Waals surface area contributed by atoms with Gasteiger partial charge in [-0.25, -0.2) is 9.97 Å². The predicted molar refractivity (Wildman–Crippen MR) is 79.1 cm³/mol. The van der Waals surface area contributed by atoms with Gasteiger partial charge in [0.1, 0.15) is 6.33 Å². The molecule has 3 atom stereocenters. The van der Waals surface area contributed by atoms with Crippen LogP contribution in [0.1, 0.15) is 57.1 Å². The average Bonchev–Trinajstić information content (AvgIpc) is 2.37. The van der Waals surface area contributed by atoms with Gasteiger partial charge in [0.05, 0.1) is 0 Å². The van der Waals surface area contributed by atoms with Crippen molar-refractivity contribution in [3.63, 3.8) is 0 Å². The molecule has 3 heteroatoms. The second kappa shape index (κ2) is 4.27. The largest absolute Gasteiger partial charge is 0.312 e. The summed E-state index contributed by atoms with van der Waals surface area (Å²) in [7, 11) is 2.11. The Morgan fingerprint density at radius 2 is 1.80 bits per heavy atom. The molecule has 0 spiro atoms. The van der Waals surface area contributed by atoms with Crippen LogP contribution in [0.2, 0.25) is 0 Å². The lowest BCUT2D eigenvalue weighted by molar-refractivity contribution is -0.118. The first-order valence-electron chi connectivity index (χ1n) is 8.05. The van der Waals surface area contributed by atoms with Crippen molar-refractivity contribution in [2.24, 2.45) is 22.7 Å². The first kappa shape index (κ1) is 12.8. The van der Waals surface area contributed by atoms with Gasteiger partial charge < -0.3 is 5.32 Å². The second-order valence-corrected chi connectivity index (χ2v) is 8.03. The van der Waals surface area contributed by atoms with E-state index < -0.39 is 0 Å². The van der Waals surface area contributed by atoms with Crippen LogP contribution in [0.3, 0.4) is 0 Å². The molecule has 4 fully saturated rings. The molecular formula is C17H25N3. The first-order valence-corrected chi connectivity index (χ1v) is 8.05. The van der Waals surface area contributed by atoms with Gasteiger partial charge in [0.15, 0.2) is 0 Å². The third kappa shape index (κ3) is 1.82. The number of hydrogen-bond donors (Lipinski definition) is 1. The van der Waals surface area contributed by atoms with Crippen LogP contribution >= 0.6 is 0 Å². The van der Waals surface area contributed by atoms with Gasteiger partial charge in [-0.15, -0.1) is 0 Å². The van der Waals surface area contributed by atoms with Crippen LogP contribution in [0.15, 0.2) is 18.7 Å². The summed E-state index contributed by atoms with van der Waals surface area (Å²) in [5, 5.41) is 3.61. The molecule has 108 valence electrons. The smallest absolute Gasteiger partial charge is 0.115 e. The lowest BCUT2D eigenvalue weighted by atomic mass is 9.43. The van der Waals surface area contributed by atoms with Gasteiger partial charge >= 0.3 is 0 Å². The number of nitrogens with one attached hydrogen (secondary N) is 1. The maximum atomic E-state index is 4.25. The monoisotopic (exact) mass is 271 g/mol. The van der Waals surface area contributed by atoms with E-state index in [9.17, 15) is 0 Å². The topological polar surface area (TPSA) is 37.8 Å². The van der Waals surface area contributed by atoms with Gasteiger partial charge in [-0.05, 0) is 68.2 Å². The highest BCUT2D eigenvalue weighted by molar-refractivity contribution is 5.19. The minimum absolute atomic E-state index is 0.425. The molecule has 1 N–H and O–H groups in total. The summed E-state index contributed by atoms with van der Waals surface area (Å²) in [5.74, 6) is 1.92. The maximum Gasteiger partial charge on any atom is 0.115 e. The fourth-order valence-electron chi connectivity index (χ4n) is 6.42. The van der Waals surface area contributed by atoms with Crippen molar-refractivity contribution in [2.75, 3.05) is 7.05 Å². The summed E-state index contributed by atoms with van der Waals surface area (Å²) in [6.45, 7) is 2.54. The Bertz CT molecular complexity index is 484. The van der Waals surface area contributed by atoms with Crippen molar-refractivity contribution >= 4 is 0 Å². The number of hydrogen-bond acceptors (Lipinski definition) is 3. The minimum atomic E-state index is 0.425. The minimum Gasteiger partial charge on any atom is -0.312 e. The van der Waals surface area contributed by atoms with Crippen LogP contribution in [-0.4, -0.2) is 17.0 Å². The number of nitrogens with zero attached hydrogens (tertiary/aromatic N) is 2. The Morgan fingerprint density at radius 3 is 2.35 bits per heavy atom. The molecule has 4 bridgehead atoms. The van der Waals surface area contributed by atoms with Gasteiger partial charge in [-0.3, -0.25) is 0 Å². The van der Waals surface area contributed by atoms with Crippen LogP contribution in [0.5, 0.6) is 0 Å². The van der Waals surface area contributed by atoms with Crippen LogP contribution in [0.4, 0.5) is 0 Å². The van der Waals surface area contributed by atoms with Crippen LogP contribution in [-0.2, 0) is 0 Å². The predicted octanol–water partition coefficient (Wildman–Crippen LogP) is 3.34. The second-order valence-electron chi connectivity index (χ2n) is 8.03. The van der Waals surface area contributed by atoms with Crippen LogP contribution in [0, 0.1) is 22.7 Å². The highest BCUT2D eigenvalue weighted by atomic mass is 14.9. The molecule has 0 saturated heterocycles. The van der Waals surface area contributed by atoms with Crippen molar-refractivity contribution in [3.8, 4) is 0 Å². The van der Waals surface area contributed by atoms with Crippen LogP contribution < -0.4 is 5.32 Å². The van der Waals surface area contributed by atoms with Gasteiger partial charge in [-0.1, -0.05) is 6.92 Å². The van der Waals surface area contributed by atoms with Crippen molar-refractivity contribution in [1.82, 2.24) is 15.3 Å². The lowest BCUT2D eigenvalue weighted by Crippen LogP contribution is -2.55. The molecule has 3 unspecified atom stereocenters. The number of aromatic nitrogens is 2. The van der Waals surface area contributed by atoms with Crippen molar-refractivity contribution in [1.29, 1.82) is 0 Å². The van der Waals surface area contributed by atoms with Gasteiger partial charge in [0.25, 0.3) is 0 Å². The SMILES string of the molecule is CNC(c1cncnc1)C12CC3CC(CC(C)(C3)C1)C2. The Hall–Kier alpha value is -0.960. The Balaban J connectivity index is 1.73. The van der Waals surface area contributed by atoms with E-state index in [1.807, 2.05) is 12.4 Å². The van der Waals surface area contributed by atoms with Crippen molar-refractivity contribution in [2.45, 2.75) is 51.5 Å². The molecule has 4 aliphatic rings. The van der Waals surface area contributed by atoms with Gasteiger partial charge in [0, 0.05) is 24.0 Å². The zero-order chi connectivity index (χ0) is 13.8. The molecule has 5 rings (SSSR count). The van der Waals surface area contributed by atoms with Gasteiger partial charge in [0.2, 0.25) is 0 Å².